The molecule has 31 heavy (non-hydrogen) atoms. The lowest BCUT2D eigenvalue weighted by atomic mass is 10.2. The molecule has 7 nitrogen and oxygen atoms in total. The highest BCUT2D eigenvalue weighted by Gasteiger charge is 2.23. The monoisotopic (exact) mass is 415 g/mol. The van der Waals surface area contributed by atoms with Gasteiger partial charge >= 0.3 is 0 Å². The fraction of sp³-hybridized carbons (Fsp3) is 0.250. The van der Waals surface area contributed by atoms with Crippen LogP contribution in [-0.4, -0.2) is 25.5 Å². The molecule has 0 spiro atoms. The van der Waals surface area contributed by atoms with Gasteiger partial charge in [-0.25, -0.2) is 9.36 Å². The average Bonchev–Trinajstić information content (AvgIpc) is 3.13. The van der Waals surface area contributed by atoms with Crippen LogP contribution in [0.1, 0.15) is 35.5 Å². The number of nitrogens with one attached hydrogen (secondary N) is 1. The molecule has 158 valence electrons. The number of aromatic nitrogens is 4. The van der Waals surface area contributed by atoms with Gasteiger partial charge in [-0.1, -0.05) is 48.0 Å². The van der Waals surface area contributed by atoms with Gasteiger partial charge in [0.2, 0.25) is 5.91 Å². The Morgan fingerprint density at radius 3 is 2.35 bits per heavy atom. The average molecular weight is 415 g/mol. The highest BCUT2D eigenvalue weighted by Crippen LogP contribution is 2.22. The molecule has 0 saturated heterocycles. The van der Waals surface area contributed by atoms with E-state index in [1.165, 1.54) is 4.68 Å². The Morgan fingerprint density at radius 2 is 1.68 bits per heavy atom. The molecule has 1 atom stereocenters. The SMILES string of the molecule is Cc1ccc(-n2nc3c(=O)n([C@H](C)C(=O)NCc4ccccc4)nc(C)c3c2C)cc1. The Bertz CT molecular complexity index is 1300. The van der Waals surface area contributed by atoms with Gasteiger partial charge in [0.25, 0.3) is 5.56 Å². The minimum absolute atomic E-state index is 0.271. The van der Waals surface area contributed by atoms with Crippen molar-refractivity contribution in [1.29, 1.82) is 0 Å². The van der Waals surface area contributed by atoms with E-state index in [4.69, 9.17) is 0 Å². The summed E-state index contributed by atoms with van der Waals surface area (Å²) in [6.07, 6.45) is 0. The first-order valence-electron chi connectivity index (χ1n) is 10.2. The Hall–Kier alpha value is -3.74. The minimum atomic E-state index is -0.760. The number of hydrogen-bond acceptors (Lipinski definition) is 4. The van der Waals surface area contributed by atoms with Crippen molar-refractivity contribution in [2.45, 2.75) is 40.3 Å². The first-order valence-corrected chi connectivity index (χ1v) is 10.2. The van der Waals surface area contributed by atoms with Crippen molar-refractivity contribution in [3.8, 4) is 5.69 Å². The highest BCUT2D eigenvalue weighted by atomic mass is 16.2. The normalized spacial score (nSPS) is 12.1. The summed E-state index contributed by atoms with van der Waals surface area (Å²) in [5, 5.41) is 12.6. The van der Waals surface area contributed by atoms with Crippen LogP contribution in [0.5, 0.6) is 0 Å². The lowest BCUT2D eigenvalue weighted by molar-refractivity contribution is -0.124. The van der Waals surface area contributed by atoms with Crippen molar-refractivity contribution in [3.63, 3.8) is 0 Å². The molecule has 0 fully saturated rings. The molecule has 0 saturated carbocycles. The number of carbonyl (C=O) groups excluding carboxylic acids is 1. The van der Waals surface area contributed by atoms with E-state index in [2.05, 4.69) is 15.5 Å². The standard InChI is InChI=1S/C24H25N5O2/c1-15-10-12-20(13-11-15)28-17(3)21-16(2)26-29(24(31)22(21)27-28)18(4)23(30)25-14-19-8-6-5-7-9-19/h5-13,18H,14H2,1-4H3,(H,25,30)/t18-/m1/s1. The Morgan fingerprint density at radius 1 is 1.00 bits per heavy atom. The molecule has 4 aromatic rings. The zero-order chi connectivity index (χ0) is 22.1. The van der Waals surface area contributed by atoms with Gasteiger partial charge in [-0.2, -0.15) is 10.2 Å². The summed E-state index contributed by atoms with van der Waals surface area (Å²) >= 11 is 0. The summed E-state index contributed by atoms with van der Waals surface area (Å²) < 4.78 is 2.98. The van der Waals surface area contributed by atoms with Gasteiger partial charge in [0.05, 0.1) is 22.5 Å². The van der Waals surface area contributed by atoms with Crippen LogP contribution < -0.4 is 10.9 Å². The maximum absolute atomic E-state index is 13.2. The van der Waals surface area contributed by atoms with Crippen molar-refractivity contribution in [2.75, 3.05) is 0 Å². The van der Waals surface area contributed by atoms with E-state index in [9.17, 15) is 9.59 Å². The van der Waals surface area contributed by atoms with Gasteiger partial charge in [-0.3, -0.25) is 9.59 Å². The number of nitrogens with zero attached hydrogens (tertiary/aromatic N) is 4. The number of fused-ring (bicyclic) bond motifs is 1. The Balaban J connectivity index is 1.69. The summed E-state index contributed by atoms with van der Waals surface area (Å²) in [4.78, 5) is 25.9. The van der Waals surface area contributed by atoms with E-state index in [1.807, 2.05) is 75.4 Å². The van der Waals surface area contributed by atoms with Crippen LogP contribution in [0, 0.1) is 20.8 Å². The largest absolute Gasteiger partial charge is 0.350 e. The van der Waals surface area contributed by atoms with Crippen molar-refractivity contribution in [2.24, 2.45) is 0 Å². The molecule has 0 bridgehead atoms. The summed E-state index contributed by atoms with van der Waals surface area (Å²) in [7, 11) is 0. The summed E-state index contributed by atoms with van der Waals surface area (Å²) in [6, 6.07) is 16.8. The van der Waals surface area contributed by atoms with Gasteiger partial charge in [0.15, 0.2) is 5.52 Å². The number of aryl methyl sites for hydroxylation is 3. The molecular formula is C24H25N5O2. The molecule has 2 aromatic carbocycles. The summed E-state index contributed by atoms with van der Waals surface area (Å²) in [6.45, 7) is 7.84. The van der Waals surface area contributed by atoms with E-state index in [-0.39, 0.29) is 11.5 Å². The smallest absolute Gasteiger partial charge is 0.295 e. The van der Waals surface area contributed by atoms with Crippen LogP contribution >= 0.6 is 0 Å². The lowest BCUT2D eigenvalue weighted by Gasteiger charge is -2.15. The number of hydrogen-bond donors (Lipinski definition) is 1. The first-order chi connectivity index (χ1) is 14.9. The molecular weight excluding hydrogens is 390 g/mol. The molecule has 0 aliphatic rings. The molecule has 0 aliphatic heterocycles. The number of carbonyl (C=O) groups is 1. The van der Waals surface area contributed by atoms with Crippen LogP contribution in [0.2, 0.25) is 0 Å². The van der Waals surface area contributed by atoms with E-state index in [1.54, 1.807) is 11.6 Å². The molecule has 0 unspecified atom stereocenters. The van der Waals surface area contributed by atoms with Crippen LogP contribution in [0.15, 0.2) is 59.4 Å². The third kappa shape index (κ3) is 3.86. The fourth-order valence-electron chi connectivity index (χ4n) is 3.69. The second-order valence-corrected chi connectivity index (χ2v) is 7.77. The van der Waals surface area contributed by atoms with Gasteiger partial charge in [-0.05, 0) is 45.4 Å². The van der Waals surface area contributed by atoms with Crippen LogP contribution in [0.4, 0.5) is 0 Å². The van der Waals surface area contributed by atoms with Crippen LogP contribution in [0.3, 0.4) is 0 Å². The molecule has 1 N–H and O–H groups in total. The zero-order valence-electron chi connectivity index (χ0n) is 18.1. The van der Waals surface area contributed by atoms with Crippen molar-refractivity contribution >= 4 is 16.8 Å². The van der Waals surface area contributed by atoms with Gasteiger partial charge in [-0.15, -0.1) is 0 Å². The van der Waals surface area contributed by atoms with Crippen molar-refractivity contribution < 1.29 is 4.79 Å². The minimum Gasteiger partial charge on any atom is -0.350 e. The third-order valence-electron chi connectivity index (χ3n) is 5.48. The molecule has 0 radical (unpaired) electrons. The van der Waals surface area contributed by atoms with E-state index in [0.717, 1.165) is 27.9 Å². The summed E-state index contributed by atoms with van der Waals surface area (Å²) in [5.41, 5.74) is 4.45. The summed E-state index contributed by atoms with van der Waals surface area (Å²) in [5.74, 6) is -0.271. The number of benzene rings is 2. The molecule has 4 rings (SSSR count). The maximum Gasteiger partial charge on any atom is 0.295 e. The molecule has 1 amide bonds. The van der Waals surface area contributed by atoms with Gasteiger partial charge in [0, 0.05) is 6.54 Å². The second kappa shape index (κ2) is 8.18. The van der Waals surface area contributed by atoms with E-state index in [0.29, 0.717) is 17.8 Å². The number of amides is 1. The fourth-order valence-corrected chi connectivity index (χ4v) is 3.69. The second-order valence-electron chi connectivity index (χ2n) is 7.77. The van der Waals surface area contributed by atoms with Gasteiger partial charge in [0.1, 0.15) is 6.04 Å². The molecule has 2 aromatic heterocycles. The van der Waals surface area contributed by atoms with E-state index >= 15 is 0 Å². The predicted molar refractivity (Wildman–Crippen MR) is 120 cm³/mol. The van der Waals surface area contributed by atoms with E-state index < -0.39 is 6.04 Å². The quantitative estimate of drug-likeness (QED) is 0.542. The first kappa shape index (κ1) is 20.5. The van der Waals surface area contributed by atoms with Crippen LogP contribution in [-0.2, 0) is 11.3 Å². The molecule has 7 heteroatoms. The zero-order valence-corrected chi connectivity index (χ0v) is 18.1. The van der Waals surface area contributed by atoms with Crippen molar-refractivity contribution in [1.82, 2.24) is 24.9 Å². The Kier molecular flexibility index (Phi) is 5.42. The molecule has 2 heterocycles. The highest BCUT2D eigenvalue weighted by molar-refractivity contribution is 5.84. The topological polar surface area (TPSA) is 81.8 Å². The van der Waals surface area contributed by atoms with Gasteiger partial charge < -0.3 is 5.32 Å². The lowest BCUT2D eigenvalue weighted by Crippen LogP contribution is -2.37. The number of rotatable bonds is 5. The predicted octanol–water partition coefficient (Wildman–Crippen LogP) is 3.38. The Labute approximate surface area is 180 Å². The maximum atomic E-state index is 13.2. The third-order valence-corrected chi connectivity index (χ3v) is 5.48. The van der Waals surface area contributed by atoms with Crippen molar-refractivity contribution in [3.05, 3.63) is 87.5 Å². The van der Waals surface area contributed by atoms with Crippen LogP contribution in [0.25, 0.3) is 16.6 Å². The molecule has 0 aliphatic carbocycles.